The van der Waals surface area contributed by atoms with E-state index in [1.54, 1.807) is 42.2 Å². The molecule has 13 nitrogen and oxygen atoms in total. The van der Waals surface area contributed by atoms with Gasteiger partial charge in [-0.3, -0.25) is 19.2 Å². The Kier molecular flexibility index (Phi) is 15.8. The van der Waals surface area contributed by atoms with E-state index in [9.17, 15) is 19.2 Å². The monoisotopic (exact) mass is 949 g/mol. The number of ether oxygens (including phenoxy) is 2. The van der Waals surface area contributed by atoms with Gasteiger partial charge in [0.05, 0.1) is 43.0 Å². The van der Waals surface area contributed by atoms with Crippen LogP contribution in [0.4, 0.5) is 0 Å². The number of benzene rings is 4. The highest BCUT2D eigenvalue weighted by Gasteiger charge is 2.43. The summed E-state index contributed by atoms with van der Waals surface area (Å²) in [5, 5.41) is 10.7. The lowest BCUT2D eigenvalue weighted by atomic mass is 9.81. The number of aromatic nitrogens is 2. The van der Waals surface area contributed by atoms with Crippen molar-refractivity contribution >= 4 is 46.8 Å². The van der Waals surface area contributed by atoms with Crippen molar-refractivity contribution in [3.63, 3.8) is 0 Å². The van der Waals surface area contributed by atoms with Gasteiger partial charge < -0.3 is 39.8 Å². The van der Waals surface area contributed by atoms with Crippen LogP contribution in [0.15, 0.2) is 103 Å². The Morgan fingerprint density at radius 3 is 2.31 bits per heavy atom. The molecule has 2 aliphatic rings. The molecule has 2 aliphatic heterocycles. The Hall–Kier alpha value is -5.73. The number of amides is 4. The molecule has 0 aliphatic carbocycles. The van der Waals surface area contributed by atoms with Crippen LogP contribution in [0.25, 0.3) is 11.3 Å². The van der Waals surface area contributed by atoms with E-state index in [0.29, 0.717) is 65.9 Å². The smallest absolute Gasteiger partial charge is 0.245 e. The maximum Gasteiger partial charge on any atom is 0.245 e. The molecule has 0 unspecified atom stereocenters. The van der Waals surface area contributed by atoms with Gasteiger partial charge in [0.1, 0.15) is 29.4 Å². The Bertz CT molecular complexity index is 2530. The number of hydrogen-bond acceptors (Lipinski definition) is 8. The van der Waals surface area contributed by atoms with E-state index in [1.807, 2.05) is 80.0 Å². The highest BCUT2D eigenvalue weighted by molar-refractivity contribution is 6.31. The summed E-state index contributed by atoms with van der Waals surface area (Å²) in [5.41, 5.74) is 3.36. The Morgan fingerprint density at radius 2 is 1.61 bits per heavy atom. The van der Waals surface area contributed by atoms with Crippen LogP contribution in [-0.2, 0) is 56.9 Å². The van der Waals surface area contributed by atoms with E-state index in [-0.39, 0.29) is 37.6 Å². The van der Waals surface area contributed by atoms with Crippen molar-refractivity contribution in [1.29, 1.82) is 0 Å². The number of carbonyl (C=O) groups is 4. The quantitative estimate of drug-likeness (QED) is 0.108. The van der Waals surface area contributed by atoms with Gasteiger partial charge in [0.15, 0.2) is 0 Å². The third-order valence-corrected chi connectivity index (χ3v) is 13.1. The second-order valence-electron chi connectivity index (χ2n) is 18.8. The summed E-state index contributed by atoms with van der Waals surface area (Å²) in [6, 6.07) is 27.6. The number of nitrogens with zero attached hydrogens (tertiary/aromatic N) is 4. The van der Waals surface area contributed by atoms with Gasteiger partial charge in [-0.15, -0.1) is 0 Å². The molecule has 2 fully saturated rings. The van der Waals surface area contributed by atoms with Crippen LogP contribution in [-0.4, -0.2) is 92.9 Å². The van der Waals surface area contributed by atoms with Crippen LogP contribution in [0.3, 0.4) is 0 Å². The molecular formula is C52H61Cl2N7O6. The van der Waals surface area contributed by atoms with E-state index in [1.165, 1.54) is 12.0 Å². The number of rotatable bonds is 13. The first-order valence-electron chi connectivity index (χ1n) is 22.8. The van der Waals surface area contributed by atoms with Crippen molar-refractivity contribution in [2.24, 2.45) is 13.0 Å². The lowest BCUT2D eigenvalue weighted by Crippen LogP contribution is -2.65. The molecule has 0 saturated carbocycles. The number of carbonyl (C=O) groups excluding carboxylic acids is 4. The van der Waals surface area contributed by atoms with Gasteiger partial charge in [-0.05, 0) is 113 Å². The summed E-state index contributed by atoms with van der Waals surface area (Å²) in [6.07, 6.45) is 3.58. The first-order valence-corrected chi connectivity index (χ1v) is 23.6. The van der Waals surface area contributed by atoms with Crippen molar-refractivity contribution in [3.05, 3.63) is 136 Å². The van der Waals surface area contributed by atoms with Gasteiger partial charge in [0.25, 0.3) is 0 Å². The summed E-state index contributed by atoms with van der Waals surface area (Å²) < 4.78 is 14.0. The number of methoxy groups -OCH3 is 1. The minimum absolute atomic E-state index is 0.0539. The predicted molar refractivity (Wildman–Crippen MR) is 261 cm³/mol. The van der Waals surface area contributed by atoms with E-state index < -0.39 is 41.3 Å². The lowest BCUT2D eigenvalue weighted by Gasteiger charge is -2.45. The summed E-state index contributed by atoms with van der Waals surface area (Å²) in [7, 11) is 3.45. The number of hydrogen-bond donors (Lipinski definition) is 3. The number of nitrogens with one attached hydrogen (secondary N) is 3. The summed E-state index contributed by atoms with van der Waals surface area (Å²) in [5.74, 6) is -0.587. The van der Waals surface area contributed by atoms with E-state index in [4.69, 9.17) is 32.7 Å². The van der Waals surface area contributed by atoms with Crippen LogP contribution in [0, 0.1) is 5.92 Å². The van der Waals surface area contributed by atoms with Crippen molar-refractivity contribution in [2.45, 2.75) is 96.1 Å². The van der Waals surface area contributed by atoms with Crippen molar-refractivity contribution in [3.8, 4) is 22.8 Å². The van der Waals surface area contributed by atoms with Crippen LogP contribution < -0.4 is 20.7 Å². The molecule has 4 amide bonds. The van der Waals surface area contributed by atoms with E-state index in [0.717, 1.165) is 28.2 Å². The standard InChI is InChI=1S/C52H61Cl2N7O6/c1-34-48(63)57-43(32-66-6)49(64)58-52(28-36-13-18-40(53)19-14-36)23-10-24-60(33-52)50(65)39(25-35-11-8-7-9-12-35)26-47(62)61(34)31-38-15-20-41(54)27-45(38)67-42-21-16-37(17-22-42)44-29-55-46(59(44)5)30-56-51(2,3)4/h7-9,11-22,27,29,34,39,43,56H,10,23-26,28,30-33H2,1-6H3,(H,57,63)(H,58,64)/t34-,39+,43-,52+/m0/s1. The predicted octanol–water partition coefficient (Wildman–Crippen LogP) is 7.91. The summed E-state index contributed by atoms with van der Waals surface area (Å²) >= 11 is 12.8. The molecule has 0 spiro atoms. The fourth-order valence-corrected chi connectivity index (χ4v) is 9.18. The normalized spacial score (nSPS) is 20.9. The fraction of sp³-hybridized carbons (Fsp3) is 0.404. The molecule has 67 heavy (non-hydrogen) atoms. The van der Waals surface area contributed by atoms with Gasteiger partial charge >= 0.3 is 0 Å². The molecular weight excluding hydrogens is 890 g/mol. The maximum absolute atomic E-state index is 15.0. The fourth-order valence-electron chi connectivity index (χ4n) is 8.89. The van der Waals surface area contributed by atoms with Gasteiger partial charge in [-0.1, -0.05) is 71.7 Å². The topological polar surface area (TPSA) is 147 Å². The SMILES string of the molecule is COC[C@@H]1NC(=O)[C@H](C)N(Cc2ccc(Cl)cc2Oc2ccc(-c3cnc(CNC(C)(C)C)n3C)cc2)C(=O)C[C@@H](Cc2ccccc2)C(=O)N2CCC[C@@](Cc3ccc(Cl)cc3)(C2)NC1=O. The molecule has 3 heterocycles. The summed E-state index contributed by atoms with van der Waals surface area (Å²) in [4.78, 5) is 66.6. The third-order valence-electron chi connectivity index (χ3n) is 12.6. The molecule has 4 atom stereocenters. The minimum atomic E-state index is -1.10. The summed E-state index contributed by atoms with van der Waals surface area (Å²) in [6.45, 7) is 9.05. The Morgan fingerprint density at radius 1 is 0.896 bits per heavy atom. The van der Waals surface area contributed by atoms with Crippen molar-refractivity contribution < 1.29 is 28.7 Å². The third kappa shape index (κ3) is 12.6. The van der Waals surface area contributed by atoms with E-state index in [2.05, 4.69) is 46.3 Å². The molecule has 5 aromatic rings. The minimum Gasteiger partial charge on any atom is -0.457 e. The zero-order valence-corrected chi connectivity index (χ0v) is 40.6. The first-order chi connectivity index (χ1) is 32.0. The number of piperidine rings is 1. The molecule has 15 heteroatoms. The highest BCUT2D eigenvalue weighted by atomic mass is 35.5. The molecule has 0 radical (unpaired) electrons. The number of fused-ring (bicyclic) bond motifs is 2. The van der Waals surface area contributed by atoms with Gasteiger partial charge in [0.2, 0.25) is 23.6 Å². The maximum atomic E-state index is 15.0. The number of imidazole rings is 1. The lowest BCUT2D eigenvalue weighted by molar-refractivity contribution is -0.147. The van der Waals surface area contributed by atoms with Crippen LogP contribution >= 0.6 is 23.2 Å². The molecule has 354 valence electrons. The van der Waals surface area contributed by atoms with Gasteiger partial charge in [-0.2, -0.15) is 0 Å². The zero-order chi connectivity index (χ0) is 47.9. The molecule has 3 N–H and O–H groups in total. The molecule has 2 saturated heterocycles. The Balaban J connectivity index is 1.20. The molecule has 2 bridgehead atoms. The van der Waals surface area contributed by atoms with Crippen molar-refractivity contribution in [1.82, 2.24) is 35.3 Å². The van der Waals surface area contributed by atoms with Gasteiger partial charge in [-0.25, -0.2) is 4.98 Å². The molecule has 7 rings (SSSR count). The van der Waals surface area contributed by atoms with Crippen LogP contribution in [0.1, 0.15) is 69.5 Å². The largest absolute Gasteiger partial charge is 0.457 e. The second-order valence-corrected chi connectivity index (χ2v) is 19.7. The highest BCUT2D eigenvalue weighted by Crippen LogP contribution is 2.34. The average molecular weight is 951 g/mol. The number of halogens is 2. The first kappa shape index (κ1) is 49.2. The van der Waals surface area contributed by atoms with Crippen molar-refractivity contribution in [2.75, 3.05) is 26.8 Å². The van der Waals surface area contributed by atoms with Crippen LogP contribution in [0.5, 0.6) is 11.5 Å². The van der Waals surface area contributed by atoms with E-state index >= 15 is 0 Å². The van der Waals surface area contributed by atoms with Gasteiger partial charge in [0, 0.05) is 60.4 Å². The Labute approximate surface area is 403 Å². The van der Waals surface area contributed by atoms with Crippen LogP contribution in [0.2, 0.25) is 10.0 Å². The zero-order valence-electron chi connectivity index (χ0n) is 39.1. The molecule has 4 aromatic carbocycles. The molecule has 1 aromatic heterocycles. The average Bonchev–Trinajstić information content (AvgIpc) is 3.67. The second kappa shape index (κ2) is 21.5.